The van der Waals surface area contributed by atoms with Gasteiger partial charge in [0.25, 0.3) is 0 Å². The van der Waals surface area contributed by atoms with Gasteiger partial charge in [-0.15, -0.1) is 0 Å². The lowest BCUT2D eigenvalue weighted by molar-refractivity contribution is -0.169. The van der Waals surface area contributed by atoms with Crippen molar-refractivity contribution in [1.29, 1.82) is 0 Å². The Morgan fingerprint density at radius 2 is 2.00 bits per heavy atom. The minimum Gasteiger partial charge on any atom is -0.481 e. The van der Waals surface area contributed by atoms with Crippen LogP contribution in [0.15, 0.2) is 0 Å². The highest BCUT2D eigenvalue weighted by Crippen LogP contribution is 2.48. The van der Waals surface area contributed by atoms with Gasteiger partial charge in [0, 0.05) is 13.0 Å². The molecular weight excluding hydrogens is 212 g/mol. The van der Waals surface area contributed by atoms with E-state index in [2.05, 4.69) is 0 Å². The summed E-state index contributed by atoms with van der Waals surface area (Å²) in [6.45, 7) is 4.23. The van der Waals surface area contributed by atoms with Crippen molar-refractivity contribution in [2.75, 3.05) is 19.8 Å². The summed E-state index contributed by atoms with van der Waals surface area (Å²) in [5.41, 5.74) is -3.00. The van der Waals surface area contributed by atoms with Gasteiger partial charge in [-0.1, -0.05) is 0 Å². The molecule has 2 unspecified atom stereocenters. The first kappa shape index (κ1) is 11.8. The Bertz CT molecular complexity index is 305. The van der Waals surface area contributed by atoms with Crippen LogP contribution in [0.4, 0.5) is 0 Å². The standard InChI is InChI=1S/C11H18O5/c1-9(2)5-11(14,7-16-9)10(8(12)13)3-4-15-6-10/h14H,3-7H2,1-2H3,(H,12,13). The topological polar surface area (TPSA) is 76.0 Å². The third kappa shape index (κ3) is 1.54. The quantitative estimate of drug-likeness (QED) is 0.718. The largest absolute Gasteiger partial charge is 0.481 e. The molecule has 2 N–H and O–H groups in total. The van der Waals surface area contributed by atoms with Crippen LogP contribution in [-0.4, -0.2) is 47.2 Å². The van der Waals surface area contributed by atoms with Gasteiger partial charge in [0.1, 0.15) is 11.0 Å². The maximum Gasteiger partial charge on any atom is 0.315 e. The van der Waals surface area contributed by atoms with Crippen molar-refractivity contribution in [3.8, 4) is 0 Å². The smallest absolute Gasteiger partial charge is 0.315 e. The Morgan fingerprint density at radius 1 is 1.31 bits per heavy atom. The molecule has 2 aliphatic heterocycles. The predicted octanol–water partition coefficient (Wildman–Crippen LogP) is 0.408. The van der Waals surface area contributed by atoms with E-state index in [1.807, 2.05) is 13.8 Å². The van der Waals surface area contributed by atoms with Crippen LogP contribution >= 0.6 is 0 Å². The number of carbonyl (C=O) groups is 1. The van der Waals surface area contributed by atoms with Gasteiger partial charge in [-0.2, -0.15) is 0 Å². The first-order valence-corrected chi connectivity index (χ1v) is 5.49. The number of ether oxygens (including phenoxy) is 2. The van der Waals surface area contributed by atoms with Crippen LogP contribution in [0.1, 0.15) is 26.7 Å². The van der Waals surface area contributed by atoms with Gasteiger partial charge < -0.3 is 19.7 Å². The molecule has 5 heteroatoms. The Morgan fingerprint density at radius 3 is 2.38 bits per heavy atom. The Labute approximate surface area is 94.4 Å². The number of rotatable bonds is 2. The molecule has 0 amide bonds. The van der Waals surface area contributed by atoms with E-state index in [4.69, 9.17) is 9.47 Å². The maximum atomic E-state index is 11.4. The van der Waals surface area contributed by atoms with Crippen molar-refractivity contribution in [3.05, 3.63) is 0 Å². The van der Waals surface area contributed by atoms with Gasteiger partial charge in [0.2, 0.25) is 0 Å². The Balaban J connectivity index is 2.31. The minimum absolute atomic E-state index is 0.0651. The summed E-state index contributed by atoms with van der Waals surface area (Å²) in [5.74, 6) is -0.992. The van der Waals surface area contributed by atoms with E-state index in [9.17, 15) is 15.0 Å². The van der Waals surface area contributed by atoms with Crippen LogP contribution in [0.3, 0.4) is 0 Å². The van der Waals surface area contributed by atoms with E-state index >= 15 is 0 Å². The van der Waals surface area contributed by atoms with E-state index in [0.717, 1.165) is 0 Å². The summed E-state index contributed by atoms with van der Waals surface area (Å²) in [5, 5.41) is 19.9. The summed E-state index contributed by atoms with van der Waals surface area (Å²) >= 11 is 0. The SMILES string of the molecule is CC1(C)CC(O)(C2(C(=O)O)CCOC2)CO1. The van der Waals surface area contributed by atoms with E-state index in [0.29, 0.717) is 19.4 Å². The molecule has 0 aromatic heterocycles. The molecule has 16 heavy (non-hydrogen) atoms. The zero-order valence-electron chi connectivity index (χ0n) is 9.65. The van der Waals surface area contributed by atoms with Crippen LogP contribution in [0.2, 0.25) is 0 Å². The summed E-state index contributed by atoms with van der Waals surface area (Å²) in [6.07, 6.45) is 0.675. The van der Waals surface area contributed by atoms with Gasteiger partial charge in [0.15, 0.2) is 0 Å². The molecule has 0 radical (unpaired) electrons. The lowest BCUT2D eigenvalue weighted by Crippen LogP contribution is -2.55. The van der Waals surface area contributed by atoms with E-state index in [1.54, 1.807) is 0 Å². The average molecular weight is 230 g/mol. The van der Waals surface area contributed by atoms with Crippen molar-refractivity contribution in [1.82, 2.24) is 0 Å². The van der Waals surface area contributed by atoms with Crippen molar-refractivity contribution < 1.29 is 24.5 Å². The van der Waals surface area contributed by atoms with Crippen LogP contribution in [0, 0.1) is 5.41 Å². The second-order valence-electron chi connectivity index (χ2n) is 5.45. The lowest BCUT2D eigenvalue weighted by atomic mass is 9.69. The molecule has 92 valence electrons. The first-order valence-electron chi connectivity index (χ1n) is 5.49. The molecule has 0 bridgehead atoms. The summed E-state index contributed by atoms with van der Waals surface area (Å²) in [4.78, 5) is 11.4. The van der Waals surface area contributed by atoms with Crippen molar-refractivity contribution >= 4 is 5.97 Å². The third-order valence-corrected chi connectivity index (χ3v) is 3.74. The molecule has 2 atom stereocenters. The summed E-state index contributed by atoms with van der Waals surface area (Å²) < 4.78 is 10.6. The minimum atomic E-state index is -1.32. The van der Waals surface area contributed by atoms with Gasteiger partial charge in [0.05, 0.1) is 18.8 Å². The highest BCUT2D eigenvalue weighted by Gasteiger charge is 2.62. The Hall–Kier alpha value is -0.650. The normalized spacial score (nSPS) is 42.4. The number of hydrogen-bond donors (Lipinski definition) is 2. The number of carboxylic acids is 1. The highest BCUT2D eigenvalue weighted by molar-refractivity contribution is 5.77. The number of carboxylic acid groups (broad SMARTS) is 1. The summed E-state index contributed by atoms with van der Waals surface area (Å²) in [6, 6.07) is 0. The fourth-order valence-electron chi connectivity index (χ4n) is 2.73. The molecule has 0 spiro atoms. The van der Waals surface area contributed by atoms with Gasteiger partial charge in [-0.3, -0.25) is 4.79 Å². The van der Waals surface area contributed by atoms with Crippen LogP contribution in [0.25, 0.3) is 0 Å². The third-order valence-electron chi connectivity index (χ3n) is 3.74. The second kappa shape index (κ2) is 3.42. The van der Waals surface area contributed by atoms with Crippen molar-refractivity contribution in [3.63, 3.8) is 0 Å². The molecule has 2 rings (SSSR count). The molecule has 0 saturated carbocycles. The fourth-order valence-corrected chi connectivity index (χ4v) is 2.73. The zero-order chi connectivity index (χ0) is 12.0. The number of aliphatic carboxylic acids is 1. The summed E-state index contributed by atoms with van der Waals surface area (Å²) in [7, 11) is 0. The average Bonchev–Trinajstić information content (AvgIpc) is 2.72. The van der Waals surface area contributed by atoms with Crippen molar-refractivity contribution in [2.24, 2.45) is 5.41 Å². The highest BCUT2D eigenvalue weighted by atomic mass is 16.5. The first-order chi connectivity index (χ1) is 7.31. The fraction of sp³-hybridized carbons (Fsp3) is 0.909. The predicted molar refractivity (Wildman–Crippen MR) is 55.1 cm³/mol. The van der Waals surface area contributed by atoms with Crippen LogP contribution < -0.4 is 0 Å². The van der Waals surface area contributed by atoms with E-state index in [-0.39, 0.29) is 13.2 Å². The molecule has 5 nitrogen and oxygen atoms in total. The molecule has 0 aromatic rings. The molecule has 0 aliphatic carbocycles. The molecule has 2 fully saturated rings. The maximum absolute atomic E-state index is 11.4. The molecule has 2 heterocycles. The van der Waals surface area contributed by atoms with Gasteiger partial charge in [-0.25, -0.2) is 0 Å². The lowest BCUT2D eigenvalue weighted by Gasteiger charge is -2.37. The molecule has 2 aliphatic rings. The zero-order valence-corrected chi connectivity index (χ0v) is 9.65. The Kier molecular flexibility index (Phi) is 2.53. The monoisotopic (exact) mass is 230 g/mol. The number of aliphatic hydroxyl groups is 1. The molecule has 2 saturated heterocycles. The number of hydrogen-bond acceptors (Lipinski definition) is 4. The molecule has 0 aromatic carbocycles. The van der Waals surface area contributed by atoms with Crippen molar-refractivity contribution in [2.45, 2.75) is 37.9 Å². The van der Waals surface area contributed by atoms with Crippen LogP contribution in [0.5, 0.6) is 0 Å². The van der Waals surface area contributed by atoms with E-state index in [1.165, 1.54) is 0 Å². The second-order valence-corrected chi connectivity index (χ2v) is 5.45. The molecular formula is C11H18O5. The van der Waals surface area contributed by atoms with Crippen LogP contribution in [-0.2, 0) is 14.3 Å². The van der Waals surface area contributed by atoms with Gasteiger partial charge >= 0.3 is 5.97 Å². The van der Waals surface area contributed by atoms with Gasteiger partial charge in [-0.05, 0) is 20.3 Å². The van der Waals surface area contributed by atoms with E-state index < -0.39 is 22.6 Å².